The molecule has 3 unspecified atom stereocenters. The van der Waals surface area contributed by atoms with Crippen molar-refractivity contribution in [3.63, 3.8) is 0 Å². The summed E-state index contributed by atoms with van der Waals surface area (Å²) in [5.41, 5.74) is -2.91. The van der Waals surface area contributed by atoms with E-state index >= 15 is 0 Å². The highest BCUT2D eigenvalue weighted by atomic mass is 32.9. The number of carbonyl (C=O) groups excluding carboxylic acids is 2. The van der Waals surface area contributed by atoms with Crippen LogP contribution in [0, 0.1) is 11.8 Å². The van der Waals surface area contributed by atoms with Crippen molar-refractivity contribution in [2.75, 3.05) is 26.4 Å². The summed E-state index contributed by atoms with van der Waals surface area (Å²) in [6.45, 7) is 14.5. The third-order valence-electron chi connectivity index (χ3n) is 6.40. The Morgan fingerprint density at radius 1 is 0.730 bits per heavy atom. The minimum absolute atomic E-state index is 0.0927. The lowest BCUT2D eigenvalue weighted by molar-refractivity contribution is -0.149. The maximum absolute atomic E-state index is 13.0. The van der Waals surface area contributed by atoms with E-state index in [1.807, 2.05) is 13.8 Å². The first-order chi connectivity index (χ1) is 17.8. The molecule has 0 saturated heterocycles. The number of unbranched alkanes of at least 4 members (excludes halogenated alkanes) is 4. The molecule has 0 amide bonds. The van der Waals surface area contributed by atoms with E-state index in [2.05, 4.69) is 27.7 Å². The molecular weight excluding hydrogens is 527 g/mol. The smallest absolute Gasteiger partial charge is 0.320 e. The Kier molecular flexibility index (Phi) is 23.6. The minimum atomic E-state index is -2.91. The zero-order chi connectivity index (χ0) is 27.9. The Labute approximate surface area is 237 Å². The molecule has 6 nitrogen and oxygen atoms in total. The topological polar surface area (TPSA) is 71.1 Å². The van der Waals surface area contributed by atoms with E-state index in [1.165, 1.54) is 11.4 Å². The molecule has 0 radical (unpaired) electrons. The largest absolute Gasteiger partial charge is 0.466 e. The standard InChI is InChI=1S/C28H55O6PS2/c1-7-13-17-24(11-5)22-33-35(36,34-23-25(12-6)18-14-8-2)37-26(28(30)32-20-16-10-4)21-27(29)31-19-15-9-3/h24-26H,7-23H2,1-6H3. The van der Waals surface area contributed by atoms with E-state index in [4.69, 9.17) is 30.3 Å². The molecule has 0 aromatic heterocycles. The number of rotatable bonds is 25. The van der Waals surface area contributed by atoms with Gasteiger partial charge in [-0.3, -0.25) is 9.59 Å². The average Bonchev–Trinajstić information content (AvgIpc) is 2.89. The van der Waals surface area contributed by atoms with Gasteiger partial charge in [0.05, 0.1) is 32.8 Å². The second-order valence-corrected chi connectivity index (χ2v) is 16.2. The van der Waals surface area contributed by atoms with Gasteiger partial charge in [-0.2, -0.15) is 0 Å². The second kappa shape index (κ2) is 23.7. The van der Waals surface area contributed by atoms with Crippen molar-refractivity contribution in [2.45, 2.75) is 130 Å². The zero-order valence-corrected chi connectivity index (χ0v) is 27.0. The van der Waals surface area contributed by atoms with E-state index in [1.54, 1.807) is 0 Å². The first-order valence-electron chi connectivity index (χ1n) is 14.7. The minimum Gasteiger partial charge on any atom is -0.466 e. The quantitative estimate of drug-likeness (QED) is 0.0600. The van der Waals surface area contributed by atoms with Gasteiger partial charge >= 0.3 is 11.9 Å². The van der Waals surface area contributed by atoms with Crippen molar-refractivity contribution < 1.29 is 28.1 Å². The Morgan fingerprint density at radius 3 is 1.62 bits per heavy atom. The molecule has 3 atom stereocenters. The maximum Gasteiger partial charge on any atom is 0.320 e. The molecule has 9 heteroatoms. The van der Waals surface area contributed by atoms with Crippen molar-refractivity contribution >= 4 is 40.8 Å². The Morgan fingerprint density at radius 2 is 1.19 bits per heavy atom. The summed E-state index contributed by atoms with van der Waals surface area (Å²) >= 11 is 7.20. The average molecular weight is 583 g/mol. The lowest BCUT2D eigenvalue weighted by Gasteiger charge is -2.28. The highest BCUT2D eigenvalue weighted by Gasteiger charge is 2.34. The van der Waals surface area contributed by atoms with Crippen molar-refractivity contribution in [3.05, 3.63) is 0 Å². The predicted molar refractivity (Wildman–Crippen MR) is 161 cm³/mol. The predicted octanol–water partition coefficient (Wildman–Crippen LogP) is 8.86. The van der Waals surface area contributed by atoms with Crippen LogP contribution in [0.3, 0.4) is 0 Å². The molecule has 0 aromatic carbocycles. The first-order valence-corrected chi connectivity index (χ1v) is 18.8. The van der Waals surface area contributed by atoms with E-state index in [9.17, 15) is 9.59 Å². The molecule has 0 spiro atoms. The lowest BCUT2D eigenvalue weighted by atomic mass is 10.0. The van der Waals surface area contributed by atoms with Crippen LogP contribution in [0.15, 0.2) is 0 Å². The molecule has 0 N–H and O–H groups in total. The summed E-state index contributed by atoms with van der Waals surface area (Å²) < 4.78 is 23.6. The molecule has 0 saturated carbocycles. The molecule has 0 rings (SSSR count). The van der Waals surface area contributed by atoms with E-state index < -0.39 is 22.9 Å². The number of ether oxygens (including phenoxy) is 2. The maximum atomic E-state index is 13.0. The second-order valence-electron chi connectivity index (χ2n) is 9.76. The van der Waals surface area contributed by atoms with Gasteiger partial charge in [0, 0.05) is 0 Å². The van der Waals surface area contributed by atoms with Crippen molar-refractivity contribution in [1.82, 2.24) is 0 Å². The van der Waals surface area contributed by atoms with Crippen molar-refractivity contribution in [2.24, 2.45) is 11.8 Å². The summed E-state index contributed by atoms with van der Waals surface area (Å²) in [4.78, 5) is 25.6. The Bertz CT molecular complexity index is 610. The molecular formula is C28H55O6PS2. The highest BCUT2D eigenvalue weighted by Crippen LogP contribution is 2.64. The zero-order valence-electron chi connectivity index (χ0n) is 24.5. The molecule has 0 aliphatic carbocycles. The van der Waals surface area contributed by atoms with Crippen LogP contribution in [0.2, 0.25) is 0 Å². The van der Waals surface area contributed by atoms with Crippen LogP contribution in [-0.2, 0) is 39.9 Å². The monoisotopic (exact) mass is 582 g/mol. The van der Waals surface area contributed by atoms with Gasteiger partial charge in [0.2, 0.25) is 5.69 Å². The van der Waals surface area contributed by atoms with Gasteiger partial charge < -0.3 is 18.5 Å². The fourth-order valence-corrected chi connectivity index (χ4v) is 8.66. The summed E-state index contributed by atoms with van der Waals surface area (Å²) in [5, 5.41) is -0.803. The van der Waals surface area contributed by atoms with Crippen LogP contribution in [0.4, 0.5) is 0 Å². The molecule has 220 valence electrons. The van der Waals surface area contributed by atoms with Gasteiger partial charge in [-0.15, -0.1) is 0 Å². The van der Waals surface area contributed by atoms with Crippen molar-refractivity contribution in [1.29, 1.82) is 0 Å². The normalized spacial score (nSPS) is 15.5. The molecule has 0 aromatic rings. The van der Waals surface area contributed by atoms with Gasteiger partial charge in [-0.1, -0.05) is 104 Å². The fraction of sp³-hybridized carbons (Fsp3) is 0.929. The molecule has 0 heterocycles. The summed E-state index contributed by atoms with van der Waals surface area (Å²) in [6.07, 6.45) is 12.0. The van der Waals surface area contributed by atoms with Gasteiger partial charge in [0.1, 0.15) is 5.25 Å². The van der Waals surface area contributed by atoms with Crippen LogP contribution < -0.4 is 0 Å². The molecule has 0 fully saturated rings. The number of hydrogen-bond donors (Lipinski definition) is 0. The molecule has 37 heavy (non-hydrogen) atoms. The van der Waals surface area contributed by atoms with Gasteiger partial charge in [0.15, 0.2) is 0 Å². The fourth-order valence-electron chi connectivity index (χ4n) is 3.56. The van der Waals surface area contributed by atoms with Gasteiger partial charge in [0.25, 0.3) is 0 Å². The number of hydrogen-bond acceptors (Lipinski definition) is 8. The van der Waals surface area contributed by atoms with Gasteiger partial charge in [-0.05, 0) is 49.3 Å². The summed E-state index contributed by atoms with van der Waals surface area (Å²) in [7, 11) is 0. The Balaban J connectivity index is 5.66. The first kappa shape index (κ1) is 36.9. The third kappa shape index (κ3) is 18.7. The van der Waals surface area contributed by atoms with Crippen LogP contribution in [-0.4, -0.2) is 43.6 Å². The van der Waals surface area contributed by atoms with Gasteiger partial charge in [-0.25, -0.2) is 0 Å². The summed E-state index contributed by atoms with van der Waals surface area (Å²) in [5.74, 6) is -0.0722. The highest BCUT2D eigenvalue weighted by molar-refractivity contribution is 8.68. The molecule has 0 aliphatic rings. The van der Waals surface area contributed by atoms with Crippen LogP contribution >= 0.6 is 17.1 Å². The Hall–Kier alpha value is -0.140. The van der Waals surface area contributed by atoms with Crippen molar-refractivity contribution in [3.8, 4) is 0 Å². The van der Waals surface area contributed by atoms with E-state index in [0.717, 1.165) is 77.0 Å². The SMILES string of the molecule is CCCCOC(=O)CC(SP(=S)(OCC(CC)CCCC)OCC(CC)CCCC)C(=O)OCCCC. The number of carbonyl (C=O) groups is 2. The van der Waals surface area contributed by atoms with Crippen LogP contribution in [0.5, 0.6) is 0 Å². The van der Waals surface area contributed by atoms with E-state index in [-0.39, 0.29) is 6.42 Å². The molecule has 0 bridgehead atoms. The summed E-state index contributed by atoms with van der Waals surface area (Å²) in [6, 6.07) is 0. The number of esters is 2. The van der Waals surface area contributed by atoms with Crippen LogP contribution in [0.1, 0.15) is 125 Å². The lowest BCUT2D eigenvalue weighted by Crippen LogP contribution is -2.25. The van der Waals surface area contributed by atoms with E-state index in [0.29, 0.717) is 38.3 Å². The van der Waals surface area contributed by atoms with Crippen LogP contribution in [0.25, 0.3) is 0 Å². The third-order valence-corrected chi connectivity index (χ3v) is 11.8. The molecule has 0 aliphatic heterocycles.